The van der Waals surface area contributed by atoms with Crippen LogP contribution < -0.4 is 5.32 Å². The van der Waals surface area contributed by atoms with Crippen LogP contribution in [0.15, 0.2) is 42.5 Å². The van der Waals surface area contributed by atoms with E-state index in [4.69, 9.17) is 14.8 Å². The molecule has 2 aromatic carbocycles. The normalized spacial score (nSPS) is 11.1. The van der Waals surface area contributed by atoms with Crippen LogP contribution >= 0.6 is 0 Å². The number of aromatic nitrogens is 3. The molecule has 4 aromatic rings. The molecule has 2 aromatic heterocycles. The van der Waals surface area contributed by atoms with E-state index >= 15 is 0 Å². The molecule has 0 fully saturated rings. The molecule has 1 amide bonds. The molecule has 7 heteroatoms. The third-order valence-electron chi connectivity index (χ3n) is 6.57. The molecule has 0 spiro atoms. The van der Waals surface area contributed by atoms with Crippen LogP contribution in [-0.2, 0) is 16.0 Å². The molecule has 0 saturated carbocycles. The number of rotatable bonds is 7. The predicted octanol–water partition coefficient (Wildman–Crippen LogP) is 5.71. The van der Waals surface area contributed by atoms with Crippen molar-refractivity contribution in [2.75, 3.05) is 11.9 Å². The van der Waals surface area contributed by atoms with Crippen LogP contribution in [0.3, 0.4) is 0 Å². The topological polar surface area (TPSA) is 86.1 Å². The molecule has 7 nitrogen and oxygen atoms in total. The Labute approximate surface area is 211 Å². The maximum atomic E-state index is 12.7. The first-order chi connectivity index (χ1) is 17.2. The number of ether oxygens (including phenoxy) is 1. The van der Waals surface area contributed by atoms with E-state index < -0.39 is 5.97 Å². The quantitative estimate of drug-likeness (QED) is 0.340. The summed E-state index contributed by atoms with van der Waals surface area (Å²) in [5, 5.41) is 8.71. The van der Waals surface area contributed by atoms with Crippen molar-refractivity contribution in [2.45, 2.75) is 54.4 Å². The molecule has 0 unspecified atom stereocenters. The predicted molar refractivity (Wildman–Crippen MR) is 142 cm³/mol. The molecular weight excluding hydrogens is 452 g/mol. The van der Waals surface area contributed by atoms with Gasteiger partial charge >= 0.3 is 5.97 Å². The summed E-state index contributed by atoms with van der Waals surface area (Å²) < 4.78 is 6.95. The van der Waals surface area contributed by atoms with Gasteiger partial charge in [-0.3, -0.25) is 4.79 Å². The number of anilines is 1. The fourth-order valence-corrected chi connectivity index (χ4v) is 4.51. The number of carbonyl (C=O) groups excluding carboxylic acids is 2. The van der Waals surface area contributed by atoms with Gasteiger partial charge in [-0.15, -0.1) is 0 Å². The van der Waals surface area contributed by atoms with E-state index in [0.29, 0.717) is 30.7 Å². The molecule has 1 N–H and O–H groups in total. The van der Waals surface area contributed by atoms with Gasteiger partial charge in [0.2, 0.25) is 5.91 Å². The van der Waals surface area contributed by atoms with Crippen molar-refractivity contribution in [3.63, 3.8) is 0 Å². The third kappa shape index (κ3) is 5.00. The number of pyridine rings is 1. The number of amides is 1. The Bertz CT molecular complexity index is 1470. The van der Waals surface area contributed by atoms with Crippen LogP contribution in [0.1, 0.15) is 57.3 Å². The largest absolute Gasteiger partial charge is 0.462 e. The van der Waals surface area contributed by atoms with Gasteiger partial charge in [-0.1, -0.05) is 12.1 Å². The zero-order valence-electron chi connectivity index (χ0n) is 21.7. The van der Waals surface area contributed by atoms with Crippen molar-refractivity contribution < 1.29 is 14.3 Å². The number of carbonyl (C=O) groups is 2. The lowest BCUT2D eigenvalue weighted by Crippen LogP contribution is -2.14. The van der Waals surface area contributed by atoms with Gasteiger partial charge in [0.1, 0.15) is 0 Å². The SMILES string of the molecule is CCOC(=O)c1cccc(NC(=O)CCc2c(C)nc3c(c(C)nn3-c3ccc(C)c(C)c3)c2C)c1. The van der Waals surface area contributed by atoms with Gasteiger partial charge in [-0.05, 0) is 101 Å². The Balaban J connectivity index is 1.55. The molecule has 36 heavy (non-hydrogen) atoms. The molecule has 0 saturated heterocycles. The third-order valence-corrected chi connectivity index (χ3v) is 6.57. The average molecular weight is 485 g/mol. The van der Waals surface area contributed by atoms with E-state index in [0.717, 1.165) is 39.2 Å². The minimum Gasteiger partial charge on any atom is -0.462 e. The Kier molecular flexibility index (Phi) is 7.20. The number of nitrogens with zero attached hydrogens (tertiary/aromatic N) is 3. The number of hydrogen-bond donors (Lipinski definition) is 1. The molecule has 186 valence electrons. The van der Waals surface area contributed by atoms with Gasteiger partial charge in [-0.25, -0.2) is 14.5 Å². The molecule has 0 bridgehead atoms. The van der Waals surface area contributed by atoms with Crippen LogP contribution in [0.5, 0.6) is 0 Å². The van der Waals surface area contributed by atoms with E-state index in [1.165, 1.54) is 11.1 Å². The summed E-state index contributed by atoms with van der Waals surface area (Å²) >= 11 is 0. The van der Waals surface area contributed by atoms with E-state index in [-0.39, 0.29) is 5.91 Å². The lowest BCUT2D eigenvalue weighted by molar-refractivity contribution is -0.116. The molecule has 0 aliphatic carbocycles. The first-order valence-electron chi connectivity index (χ1n) is 12.2. The monoisotopic (exact) mass is 484 g/mol. The van der Waals surface area contributed by atoms with Crippen molar-refractivity contribution in [2.24, 2.45) is 0 Å². The highest BCUT2D eigenvalue weighted by Crippen LogP contribution is 2.29. The second-order valence-electron chi connectivity index (χ2n) is 9.11. The lowest BCUT2D eigenvalue weighted by atomic mass is 9.99. The van der Waals surface area contributed by atoms with Crippen molar-refractivity contribution in [1.82, 2.24) is 14.8 Å². The van der Waals surface area contributed by atoms with E-state index in [2.05, 4.69) is 44.3 Å². The van der Waals surface area contributed by atoms with Gasteiger partial charge in [0, 0.05) is 23.2 Å². The number of nitrogens with one attached hydrogen (secondary N) is 1. The molecule has 0 radical (unpaired) electrons. The lowest BCUT2D eigenvalue weighted by Gasteiger charge is -2.12. The fraction of sp³-hybridized carbons (Fsp3) is 0.310. The summed E-state index contributed by atoms with van der Waals surface area (Å²) in [6, 6.07) is 13.1. The second-order valence-corrected chi connectivity index (χ2v) is 9.11. The Morgan fingerprint density at radius 1 is 0.972 bits per heavy atom. The minimum absolute atomic E-state index is 0.127. The zero-order chi connectivity index (χ0) is 26.0. The van der Waals surface area contributed by atoms with E-state index in [1.54, 1.807) is 31.2 Å². The van der Waals surface area contributed by atoms with Gasteiger partial charge in [-0.2, -0.15) is 5.10 Å². The summed E-state index contributed by atoms with van der Waals surface area (Å²) in [5.41, 5.74) is 9.19. The molecule has 0 aliphatic rings. The van der Waals surface area contributed by atoms with Crippen molar-refractivity contribution in [3.8, 4) is 5.69 Å². The maximum absolute atomic E-state index is 12.7. The van der Waals surface area contributed by atoms with E-state index in [1.807, 2.05) is 18.5 Å². The van der Waals surface area contributed by atoms with Crippen molar-refractivity contribution in [1.29, 1.82) is 0 Å². The van der Waals surface area contributed by atoms with Gasteiger partial charge in [0.15, 0.2) is 5.65 Å². The Morgan fingerprint density at radius 3 is 2.47 bits per heavy atom. The van der Waals surface area contributed by atoms with Crippen LogP contribution in [0.25, 0.3) is 16.7 Å². The minimum atomic E-state index is -0.407. The zero-order valence-corrected chi connectivity index (χ0v) is 21.7. The summed E-state index contributed by atoms with van der Waals surface area (Å²) in [6.45, 7) is 12.3. The highest BCUT2D eigenvalue weighted by Gasteiger charge is 2.18. The maximum Gasteiger partial charge on any atom is 0.338 e. The van der Waals surface area contributed by atoms with Crippen LogP contribution in [0.2, 0.25) is 0 Å². The van der Waals surface area contributed by atoms with Gasteiger partial charge in [0.05, 0.1) is 23.6 Å². The Morgan fingerprint density at radius 2 is 1.75 bits per heavy atom. The number of fused-ring (bicyclic) bond motifs is 1. The molecule has 0 aliphatic heterocycles. The average Bonchev–Trinajstić information content (AvgIpc) is 3.17. The summed E-state index contributed by atoms with van der Waals surface area (Å²) in [6.07, 6.45) is 0.848. The van der Waals surface area contributed by atoms with Crippen LogP contribution in [0, 0.1) is 34.6 Å². The standard InChI is InChI=1S/C29H32N4O3/c1-7-36-29(35)22-9-8-10-23(16-22)31-26(34)14-13-25-19(4)27-21(6)32-33(28(27)30-20(25)5)24-12-11-17(2)18(3)15-24/h8-12,15-16H,7,13-14H2,1-6H3,(H,31,34). The van der Waals surface area contributed by atoms with E-state index in [9.17, 15) is 9.59 Å². The first-order valence-corrected chi connectivity index (χ1v) is 12.2. The highest BCUT2D eigenvalue weighted by molar-refractivity contribution is 5.94. The number of esters is 1. The number of benzene rings is 2. The highest BCUT2D eigenvalue weighted by atomic mass is 16.5. The van der Waals surface area contributed by atoms with Crippen molar-refractivity contribution in [3.05, 3.63) is 81.7 Å². The smallest absolute Gasteiger partial charge is 0.338 e. The Hall–Kier alpha value is -4.00. The van der Waals surface area contributed by atoms with Crippen LogP contribution in [0.4, 0.5) is 5.69 Å². The second kappa shape index (κ2) is 10.3. The number of aryl methyl sites for hydroxylation is 5. The molecule has 0 atom stereocenters. The van der Waals surface area contributed by atoms with Crippen molar-refractivity contribution >= 4 is 28.6 Å². The summed E-state index contributed by atoms with van der Waals surface area (Å²) in [4.78, 5) is 29.6. The van der Waals surface area contributed by atoms with Crippen LogP contribution in [-0.4, -0.2) is 33.2 Å². The summed E-state index contributed by atoms with van der Waals surface area (Å²) in [5.74, 6) is -0.534. The molecule has 2 heterocycles. The summed E-state index contributed by atoms with van der Waals surface area (Å²) in [7, 11) is 0. The number of hydrogen-bond acceptors (Lipinski definition) is 5. The van der Waals surface area contributed by atoms with Gasteiger partial charge < -0.3 is 10.1 Å². The molecular formula is C29H32N4O3. The van der Waals surface area contributed by atoms with Gasteiger partial charge in [0.25, 0.3) is 0 Å². The first kappa shape index (κ1) is 25.1. The molecule has 4 rings (SSSR count). The fourth-order valence-electron chi connectivity index (χ4n) is 4.51.